The molecule has 2 aromatic carbocycles. The van der Waals surface area contributed by atoms with E-state index < -0.39 is 4.92 Å². The summed E-state index contributed by atoms with van der Waals surface area (Å²) in [6.45, 7) is 0.305. The summed E-state index contributed by atoms with van der Waals surface area (Å²) in [6.07, 6.45) is 0. The number of nitro benzene ring substituents is 1. The molecule has 0 aliphatic rings. The summed E-state index contributed by atoms with van der Waals surface area (Å²) in [5.74, 6) is 0.237. The number of rotatable bonds is 4. The van der Waals surface area contributed by atoms with E-state index in [2.05, 4.69) is 6.07 Å². The fourth-order valence-electron chi connectivity index (χ4n) is 1.41. The van der Waals surface area contributed by atoms with Gasteiger partial charge in [0.1, 0.15) is 6.61 Å². The second-order valence-electron chi connectivity index (χ2n) is 3.43. The van der Waals surface area contributed by atoms with Gasteiger partial charge in [0.15, 0.2) is 5.75 Å². The van der Waals surface area contributed by atoms with Gasteiger partial charge in [-0.2, -0.15) is 0 Å². The molecule has 0 heterocycles. The molecule has 0 atom stereocenters. The van der Waals surface area contributed by atoms with E-state index in [0.717, 1.165) is 5.56 Å². The van der Waals surface area contributed by atoms with E-state index >= 15 is 0 Å². The van der Waals surface area contributed by atoms with Crippen molar-refractivity contribution in [3.05, 3.63) is 70.3 Å². The zero-order valence-electron chi connectivity index (χ0n) is 9.00. The fraction of sp³-hybridized carbons (Fsp3) is 0.0769. The molecular weight excluding hydrogens is 218 g/mol. The van der Waals surface area contributed by atoms with Crippen LogP contribution in [-0.4, -0.2) is 4.92 Å². The second kappa shape index (κ2) is 5.12. The van der Waals surface area contributed by atoms with Gasteiger partial charge in [0.2, 0.25) is 0 Å². The van der Waals surface area contributed by atoms with Crippen LogP contribution < -0.4 is 4.74 Å². The molecule has 0 N–H and O–H groups in total. The number of hydrogen-bond acceptors (Lipinski definition) is 3. The molecule has 0 saturated carbocycles. The van der Waals surface area contributed by atoms with Crippen molar-refractivity contribution in [2.45, 2.75) is 6.61 Å². The summed E-state index contributed by atoms with van der Waals surface area (Å²) >= 11 is 0. The molecule has 2 aromatic rings. The van der Waals surface area contributed by atoms with Crippen molar-refractivity contribution < 1.29 is 9.66 Å². The highest BCUT2D eigenvalue weighted by molar-refractivity contribution is 5.45. The maximum Gasteiger partial charge on any atom is 0.310 e. The first-order chi connectivity index (χ1) is 8.27. The third-order valence-electron chi connectivity index (χ3n) is 2.24. The Balaban J connectivity index is 2.12. The van der Waals surface area contributed by atoms with E-state index in [1.54, 1.807) is 0 Å². The molecule has 0 fully saturated rings. The van der Waals surface area contributed by atoms with Crippen molar-refractivity contribution in [3.63, 3.8) is 0 Å². The smallest absolute Gasteiger partial charge is 0.310 e. The lowest BCUT2D eigenvalue weighted by molar-refractivity contribution is -0.385. The highest BCUT2D eigenvalue weighted by Crippen LogP contribution is 2.26. The molecule has 0 spiro atoms. The monoisotopic (exact) mass is 228 g/mol. The highest BCUT2D eigenvalue weighted by Gasteiger charge is 2.13. The number of hydrogen-bond donors (Lipinski definition) is 0. The molecule has 0 aromatic heterocycles. The van der Waals surface area contributed by atoms with Crippen LogP contribution in [0.5, 0.6) is 5.75 Å². The van der Waals surface area contributed by atoms with Gasteiger partial charge in [-0.1, -0.05) is 30.3 Å². The second-order valence-corrected chi connectivity index (χ2v) is 3.43. The zero-order chi connectivity index (χ0) is 12.1. The quantitative estimate of drug-likeness (QED) is 0.597. The van der Waals surface area contributed by atoms with Gasteiger partial charge in [-0.25, -0.2) is 0 Å². The van der Waals surface area contributed by atoms with Crippen molar-refractivity contribution in [2.75, 3.05) is 0 Å². The van der Waals surface area contributed by atoms with E-state index in [0.29, 0.717) is 6.61 Å². The third-order valence-corrected chi connectivity index (χ3v) is 2.24. The van der Waals surface area contributed by atoms with E-state index in [4.69, 9.17) is 4.74 Å². The molecular formula is C13H10NO3. The Hall–Kier alpha value is -2.36. The minimum Gasteiger partial charge on any atom is -0.482 e. The Labute approximate surface area is 98.6 Å². The molecule has 17 heavy (non-hydrogen) atoms. The Bertz CT molecular complexity index is 511. The summed E-state index contributed by atoms with van der Waals surface area (Å²) in [5.41, 5.74) is 0.922. The van der Waals surface area contributed by atoms with Crippen LogP contribution in [0.2, 0.25) is 0 Å². The standard InChI is InChI=1S/C13H10NO3/c15-14(16)12-8-4-5-9-13(12)17-10-11-6-2-1-3-7-11/h1-4,6-9H,10H2. The minimum atomic E-state index is -0.464. The Morgan fingerprint density at radius 1 is 1.24 bits per heavy atom. The minimum absolute atomic E-state index is 0.0420. The van der Waals surface area contributed by atoms with Gasteiger partial charge in [-0.3, -0.25) is 10.1 Å². The van der Waals surface area contributed by atoms with Crippen molar-refractivity contribution in [3.8, 4) is 5.75 Å². The summed E-state index contributed by atoms with van der Waals surface area (Å²) < 4.78 is 5.41. The lowest BCUT2D eigenvalue weighted by Gasteiger charge is -2.06. The first kappa shape index (κ1) is 11.1. The van der Waals surface area contributed by atoms with Gasteiger partial charge in [0.25, 0.3) is 0 Å². The molecule has 1 radical (unpaired) electrons. The van der Waals surface area contributed by atoms with Gasteiger partial charge < -0.3 is 4.74 Å². The first-order valence-corrected chi connectivity index (χ1v) is 5.08. The van der Waals surface area contributed by atoms with Crippen LogP contribution in [0.25, 0.3) is 0 Å². The van der Waals surface area contributed by atoms with E-state index in [-0.39, 0.29) is 11.4 Å². The molecule has 0 aliphatic heterocycles. The molecule has 0 unspecified atom stereocenters. The molecule has 0 saturated heterocycles. The Morgan fingerprint density at radius 2 is 2.00 bits per heavy atom. The van der Waals surface area contributed by atoms with E-state index in [1.165, 1.54) is 18.2 Å². The van der Waals surface area contributed by atoms with Crippen molar-refractivity contribution in [1.82, 2.24) is 0 Å². The zero-order valence-corrected chi connectivity index (χ0v) is 9.00. The molecule has 85 valence electrons. The molecule has 4 heteroatoms. The summed E-state index contributed by atoms with van der Waals surface area (Å²) in [5, 5.41) is 10.7. The van der Waals surface area contributed by atoms with Gasteiger partial charge in [-0.15, -0.1) is 0 Å². The maximum absolute atomic E-state index is 10.7. The van der Waals surface area contributed by atoms with Crippen LogP contribution in [0.15, 0.2) is 48.5 Å². The SMILES string of the molecule is O=[N+]([O-])c1cc[c]cc1OCc1ccccc1. The Morgan fingerprint density at radius 3 is 2.71 bits per heavy atom. The largest absolute Gasteiger partial charge is 0.482 e. The van der Waals surface area contributed by atoms with Crippen molar-refractivity contribution >= 4 is 5.69 Å². The fourth-order valence-corrected chi connectivity index (χ4v) is 1.41. The normalized spacial score (nSPS) is 9.88. The van der Waals surface area contributed by atoms with Crippen LogP contribution in [0.3, 0.4) is 0 Å². The number of nitrogens with zero attached hydrogens (tertiary/aromatic N) is 1. The van der Waals surface area contributed by atoms with Crippen molar-refractivity contribution in [2.24, 2.45) is 0 Å². The molecule has 0 bridgehead atoms. The topological polar surface area (TPSA) is 52.4 Å². The molecule has 4 nitrogen and oxygen atoms in total. The van der Waals surface area contributed by atoms with Crippen LogP contribution >= 0.6 is 0 Å². The number of benzene rings is 2. The summed E-state index contributed by atoms with van der Waals surface area (Å²) in [4.78, 5) is 10.3. The highest BCUT2D eigenvalue weighted by atomic mass is 16.6. The van der Waals surface area contributed by atoms with Crippen LogP contribution in [-0.2, 0) is 6.61 Å². The molecule has 0 amide bonds. The first-order valence-electron chi connectivity index (χ1n) is 5.08. The predicted molar refractivity (Wildman–Crippen MR) is 62.7 cm³/mol. The predicted octanol–water partition coefficient (Wildman–Crippen LogP) is 2.97. The maximum atomic E-state index is 10.7. The lowest BCUT2D eigenvalue weighted by atomic mass is 10.2. The lowest BCUT2D eigenvalue weighted by Crippen LogP contribution is -1.98. The number of nitro groups is 1. The van der Waals surface area contributed by atoms with Gasteiger partial charge in [0.05, 0.1) is 4.92 Å². The molecule has 0 aliphatic carbocycles. The third kappa shape index (κ3) is 2.81. The van der Waals surface area contributed by atoms with Crippen molar-refractivity contribution in [1.29, 1.82) is 0 Å². The van der Waals surface area contributed by atoms with Gasteiger partial charge in [0, 0.05) is 6.07 Å². The molecule has 2 rings (SSSR count). The van der Waals surface area contributed by atoms with Gasteiger partial charge in [-0.05, 0) is 23.8 Å². The van der Waals surface area contributed by atoms with E-state index in [1.807, 2.05) is 30.3 Å². The number of ether oxygens (including phenoxy) is 1. The van der Waals surface area contributed by atoms with Crippen LogP contribution in [0.4, 0.5) is 5.69 Å². The average Bonchev–Trinajstić information content (AvgIpc) is 2.38. The van der Waals surface area contributed by atoms with Crippen LogP contribution in [0, 0.1) is 16.2 Å². The summed E-state index contributed by atoms with van der Waals surface area (Å²) in [6, 6.07) is 16.6. The van der Waals surface area contributed by atoms with E-state index in [9.17, 15) is 10.1 Å². The van der Waals surface area contributed by atoms with Gasteiger partial charge >= 0.3 is 5.69 Å². The van der Waals surface area contributed by atoms with Crippen LogP contribution in [0.1, 0.15) is 5.56 Å². The Kier molecular flexibility index (Phi) is 3.35. The average molecular weight is 228 g/mol. The summed E-state index contributed by atoms with van der Waals surface area (Å²) in [7, 11) is 0.